The lowest BCUT2D eigenvalue weighted by Crippen LogP contribution is -2.17. The van der Waals surface area contributed by atoms with Crippen molar-refractivity contribution < 1.29 is 9.53 Å². The minimum Gasteiger partial charge on any atom is -0.409 e. The van der Waals surface area contributed by atoms with E-state index in [4.69, 9.17) is 4.74 Å². The van der Waals surface area contributed by atoms with E-state index < -0.39 is 6.09 Å². The van der Waals surface area contributed by atoms with Crippen molar-refractivity contribution >= 4 is 27.6 Å². The Kier molecular flexibility index (Phi) is 2.38. The lowest BCUT2D eigenvalue weighted by molar-refractivity contribution is 0.200. The van der Waals surface area contributed by atoms with E-state index in [-0.39, 0.29) is 0 Å². The van der Waals surface area contributed by atoms with Gasteiger partial charge in [0.2, 0.25) is 0 Å². The maximum Gasteiger partial charge on any atom is 0.441 e. The number of aromatic nitrogens is 2. The van der Waals surface area contributed by atoms with Gasteiger partial charge in [-0.05, 0) is 23.6 Å². The molecule has 0 saturated carbocycles. The Bertz CT molecular complexity index is 657. The van der Waals surface area contributed by atoms with Gasteiger partial charge >= 0.3 is 6.09 Å². The van der Waals surface area contributed by atoms with Crippen molar-refractivity contribution in [1.82, 2.24) is 9.78 Å². The highest BCUT2D eigenvalue weighted by molar-refractivity contribution is 7.16. The Morgan fingerprint density at radius 2 is 2.06 bits per heavy atom. The van der Waals surface area contributed by atoms with Gasteiger partial charge in [-0.3, -0.25) is 0 Å². The van der Waals surface area contributed by atoms with Crippen LogP contribution in [0.25, 0.3) is 10.2 Å². The molecule has 0 radical (unpaired) electrons. The first kappa shape index (κ1) is 10.0. The van der Waals surface area contributed by atoms with E-state index in [9.17, 15) is 4.79 Å². The summed E-state index contributed by atoms with van der Waals surface area (Å²) in [6, 6.07) is 10.9. The van der Waals surface area contributed by atoms with E-state index in [0.29, 0.717) is 5.75 Å². The summed E-state index contributed by atoms with van der Waals surface area (Å²) in [6.07, 6.45) is 1.16. The summed E-state index contributed by atoms with van der Waals surface area (Å²) in [5.74, 6) is 0.512. The fraction of sp³-hybridized carbons (Fsp3) is 0. The van der Waals surface area contributed by atoms with E-state index in [1.807, 2.05) is 29.6 Å². The zero-order chi connectivity index (χ0) is 11.7. The summed E-state index contributed by atoms with van der Waals surface area (Å²) in [6.45, 7) is 0. The van der Waals surface area contributed by atoms with Crippen molar-refractivity contribution in [3.05, 3.63) is 48.0 Å². The molecule has 2 heterocycles. The Morgan fingerprint density at radius 1 is 1.24 bits per heavy atom. The molecule has 0 atom stereocenters. The molecule has 0 spiro atoms. The molecular formula is C12H8N2O2S. The summed E-state index contributed by atoms with van der Waals surface area (Å²) < 4.78 is 6.48. The normalized spacial score (nSPS) is 10.6. The second-order valence-electron chi connectivity index (χ2n) is 3.42. The highest BCUT2D eigenvalue weighted by Crippen LogP contribution is 2.20. The number of carbonyl (C=O) groups excluding carboxylic acids is 1. The Hall–Kier alpha value is -2.14. The van der Waals surface area contributed by atoms with E-state index in [1.165, 1.54) is 16.0 Å². The van der Waals surface area contributed by atoms with Crippen molar-refractivity contribution in [2.75, 3.05) is 0 Å². The number of ether oxygens (including phenoxy) is 1. The summed E-state index contributed by atoms with van der Waals surface area (Å²) in [4.78, 5) is 12.7. The zero-order valence-corrected chi connectivity index (χ0v) is 9.55. The average molecular weight is 244 g/mol. The van der Waals surface area contributed by atoms with E-state index in [2.05, 4.69) is 5.10 Å². The van der Waals surface area contributed by atoms with Crippen LogP contribution in [-0.4, -0.2) is 15.9 Å². The monoisotopic (exact) mass is 244 g/mol. The molecule has 0 aliphatic rings. The van der Waals surface area contributed by atoms with Gasteiger partial charge in [0.25, 0.3) is 0 Å². The number of thiophene rings is 1. The fourth-order valence-corrected chi connectivity index (χ4v) is 2.34. The van der Waals surface area contributed by atoms with Gasteiger partial charge in [0, 0.05) is 5.39 Å². The molecule has 0 fully saturated rings. The fourth-order valence-electron chi connectivity index (χ4n) is 1.52. The standard InChI is InChI=1S/C12H8N2O2S/c15-12(16-10-4-2-1-3-5-10)14-11-9(8-13-14)6-7-17-11/h1-8H. The molecule has 0 N–H and O–H groups in total. The van der Waals surface area contributed by atoms with Crippen molar-refractivity contribution in [2.24, 2.45) is 0 Å². The summed E-state index contributed by atoms with van der Waals surface area (Å²) >= 11 is 1.46. The molecule has 17 heavy (non-hydrogen) atoms. The molecule has 2 aromatic heterocycles. The van der Waals surface area contributed by atoms with Gasteiger partial charge in [0.1, 0.15) is 10.6 Å². The molecule has 0 amide bonds. The minimum atomic E-state index is -0.492. The molecule has 1 aromatic carbocycles. The highest BCUT2D eigenvalue weighted by Gasteiger charge is 2.13. The third kappa shape index (κ3) is 1.81. The van der Waals surface area contributed by atoms with Crippen molar-refractivity contribution in [2.45, 2.75) is 0 Å². The zero-order valence-electron chi connectivity index (χ0n) is 8.74. The number of hydrogen-bond donors (Lipinski definition) is 0. The van der Waals surface area contributed by atoms with E-state index >= 15 is 0 Å². The molecular weight excluding hydrogens is 236 g/mol. The van der Waals surface area contributed by atoms with Crippen LogP contribution in [-0.2, 0) is 0 Å². The second kappa shape index (κ2) is 4.03. The number of para-hydroxylation sites is 1. The quantitative estimate of drug-likeness (QED) is 0.660. The van der Waals surface area contributed by atoms with Gasteiger partial charge in [-0.1, -0.05) is 18.2 Å². The predicted octanol–water partition coefficient (Wildman–Crippen LogP) is 3.14. The number of rotatable bonds is 1. The summed E-state index contributed by atoms with van der Waals surface area (Å²) in [5, 5.41) is 6.86. The molecule has 5 heteroatoms. The molecule has 84 valence electrons. The second-order valence-corrected chi connectivity index (χ2v) is 4.31. The van der Waals surface area contributed by atoms with Gasteiger partial charge in [-0.15, -0.1) is 11.3 Å². The Morgan fingerprint density at radius 3 is 2.88 bits per heavy atom. The number of benzene rings is 1. The van der Waals surface area contributed by atoms with Gasteiger partial charge in [-0.2, -0.15) is 9.78 Å². The van der Waals surface area contributed by atoms with Crippen LogP contribution >= 0.6 is 11.3 Å². The predicted molar refractivity (Wildman–Crippen MR) is 65.5 cm³/mol. The molecule has 0 unspecified atom stereocenters. The van der Waals surface area contributed by atoms with Gasteiger partial charge < -0.3 is 4.74 Å². The third-order valence-corrected chi connectivity index (χ3v) is 3.20. The van der Waals surface area contributed by atoms with Crippen LogP contribution < -0.4 is 4.74 Å². The molecule has 3 rings (SSSR count). The van der Waals surface area contributed by atoms with Crippen molar-refractivity contribution in [1.29, 1.82) is 0 Å². The van der Waals surface area contributed by atoms with Crippen molar-refractivity contribution in [3.8, 4) is 5.75 Å². The average Bonchev–Trinajstić information content (AvgIpc) is 2.91. The Labute approximate surface area is 101 Å². The molecule has 3 aromatic rings. The van der Waals surface area contributed by atoms with Crippen molar-refractivity contribution in [3.63, 3.8) is 0 Å². The summed E-state index contributed by atoms with van der Waals surface area (Å²) in [7, 11) is 0. The van der Waals surface area contributed by atoms with Crippen LogP contribution in [0.15, 0.2) is 48.0 Å². The van der Waals surface area contributed by atoms with E-state index in [1.54, 1.807) is 18.3 Å². The van der Waals surface area contributed by atoms with Crippen LogP contribution in [0.4, 0.5) is 4.79 Å². The van der Waals surface area contributed by atoms with Crippen LogP contribution in [0, 0.1) is 0 Å². The van der Waals surface area contributed by atoms with Crippen LogP contribution in [0.3, 0.4) is 0 Å². The lowest BCUT2D eigenvalue weighted by Gasteiger charge is -2.03. The molecule has 0 aliphatic carbocycles. The first-order valence-corrected chi connectivity index (χ1v) is 5.91. The smallest absolute Gasteiger partial charge is 0.409 e. The maximum atomic E-state index is 11.9. The van der Waals surface area contributed by atoms with Crippen LogP contribution in [0.2, 0.25) is 0 Å². The van der Waals surface area contributed by atoms with Crippen LogP contribution in [0.1, 0.15) is 0 Å². The third-order valence-electron chi connectivity index (χ3n) is 2.30. The molecule has 0 aliphatic heterocycles. The molecule has 0 saturated heterocycles. The first-order chi connectivity index (χ1) is 8.34. The van der Waals surface area contributed by atoms with Crippen LogP contribution in [0.5, 0.6) is 5.75 Å². The number of nitrogens with zero attached hydrogens (tertiary/aromatic N) is 2. The summed E-state index contributed by atoms with van der Waals surface area (Å²) in [5.41, 5.74) is 0. The molecule has 0 bridgehead atoms. The largest absolute Gasteiger partial charge is 0.441 e. The van der Waals surface area contributed by atoms with E-state index in [0.717, 1.165) is 10.2 Å². The molecule has 4 nitrogen and oxygen atoms in total. The maximum absolute atomic E-state index is 11.9. The van der Waals surface area contributed by atoms with Gasteiger partial charge in [-0.25, -0.2) is 4.79 Å². The number of hydrogen-bond acceptors (Lipinski definition) is 4. The topological polar surface area (TPSA) is 44.1 Å². The first-order valence-electron chi connectivity index (χ1n) is 5.03. The lowest BCUT2D eigenvalue weighted by atomic mass is 10.3. The number of carbonyl (C=O) groups is 1. The Balaban J connectivity index is 1.91. The SMILES string of the molecule is O=C(Oc1ccccc1)n1ncc2ccsc21. The van der Waals surface area contributed by atoms with Gasteiger partial charge in [0.15, 0.2) is 0 Å². The number of fused-ring (bicyclic) bond motifs is 1. The highest BCUT2D eigenvalue weighted by atomic mass is 32.1. The van der Waals surface area contributed by atoms with Gasteiger partial charge in [0.05, 0.1) is 6.20 Å². The minimum absolute atomic E-state index is 0.492.